The topological polar surface area (TPSA) is 87.7 Å². The minimum absolute atomic E-state index is 0.0627. The fraction of sp³-hybridized carbons (Fsp3) is 0.412. The number of aromatic nitrogens is 3. The average Bonchev–Trinajstić information content (AvgIpc) is 3.04. The summed E-state index contributed by atoms with van der Waals surface area (Å²) in [6.07, 6.45) is 6.08. The van der Waals surface area contributed by atoms with Gasteiger partial charge in [-0.15, -0.1) is 0 Å². The number of nitrogens with one attached hydrogen (secondary N) is 2. The van der Waals surface area contributed by atoms with E-state index < -0.39 is 0 Å². The van der Waals surface area contributed by atoms with Crippen LogP contribution in [0, 0.1) is 6.92 Å². The second kappa shape index (κ2) is 6.73. The molecule has 0 atom stereocenters. The first-order valence-corrected chi connectivity index (χ1v) is 7.94. The lowest BCUT2D eigenvalue weighted by molar-refractivity contribution is -0.121. The molecule has 1 aliphatic rings. The molecule has 6 heteroatoms. The van der Waals surface area contributed by atoms with Gasteiger partial charge in [-0.05, 0) is 31.9 Å². The van der Waals surface area contributed by atoms with E-state index in [2.05, 4.69) is 20.3 Å². The number of hydrogen-bond donors (Lipinski definition) is 2. The second-order valence-electron chi connectivity index (χ2n) is 5.92. The van der Waals surface area contributed by atoms with E-state index >= 15 is 0 Å². The van der Waals surface area contributed by atoms with Crippen molar-refractivity contribution in [3.63, 3.8) is 0 Å². The Morgan fingerprint density at radius 2 is 2.13 bits per heavy atom. The smallest absolute Gasteiger partial charge is 0.255 e. The van der Waals surface area contributed by atoms with Gasteiger partial charge < -0.3 is 10.3 Å². The normalized spacial score (nSPS) is 14.8. The van der Waals surface area contributed by atoms with Crippen LogP contribution in [0.25, 0.3) is 11.5 Å². The summed E-state index contributed by atoms with van der Waals surface area (Å²) in [5.74, 6) is 0.311. The zero-order valence-corrected chi connectivity index (χ0v) is 13.1. The first-order chi connectivity index (χ1) is 11.1. The highest BCUT2D eigenvalue weighted by atomic mass is 16.2. The van der Waals surface area contributed by atoms with Gasteiger partial charge in [0.25, 0.3) is 5.56 Å². The standard InChI is InChI=1S/C17H20N4O2/c1-11-13(10-15(22)20-12-6-2-3-7-12)17(23)21-16(19-11)14-8-4-5-9-18-14/h4-5,8-9,12H,2-3,6-7,10H2,1H3,(H,20,22)(H,19,21,23). The van der Waals surface area contributed by atoms with Crippen molar-refractivity contribution in [2.24, 2.45) is 0 Å². The van der Waals surface area contributed by atoms with Crippen molar-refractivity contribution in [1.29, 1.82) is 0 Å². The van der Waals surface area contributed by atoms with Crippen LogP contribution in [0.2, 0.25) is 0 Å². The van der Waals surface area contributed by atoms with E-state index in [1.165, 1.54) is 0 Å². The predicted octanol–water partition coefficient (Wildman–Crippen LogP) is 1.74. The summed E-state index contributed by atoms with van der Waals surface area (Å²) in [5.41, 5.74) is 1.31. The Bertz CT molecular complexity index is 749. The molecule has 0 bridgehead atoms. The Hall–Kier alpha value is -2.50. The molecule has 120 valence electrons. The highest BCUT2D eigenvalue weighted by Crippen LogP contribution is 2.18. The van der Waals surface area contributed by atoms with Crippen LogP contribution >= 0.6 is 0 Å². The van der Waals surface area contributed by atoms with E-state index in [9.17, 15) is 9.59 Å². The second-order valence-corrected chi connectivity index (χ2v) is 5.92. The van der Waals surface area contributed by atoms with Gasteiger partial charge in [0.1, 0.15) is 5.69 Å². The van der Waals surface area contributed by atoms with Gasteiger partial charge in [0.2, 0.25) is 5.91 Å². The summed E-state index contributed by atoms with van der Waals surface area (Å²) >= 11 is 0. The number of rotatable bonds is 4. The molecule has 2 N–H and O–H groups in total. The minimum atomic E-state index is -0.278. The Morgan fingerprint density at radius 1 is 1.35 bits per heavy atom. The number of hydrogen-bond acceptors (Lipinski definition) is 4. The van der Waals surface area contributed by atoms with Gasteiger partial charge >= 0.3 is 0 Å². The van der Waals surface area contributed by atoms with Crippen molar-refractivity contribution in [3.8, 4) is 11.5 Å². The largest absolute Gasteiger partial charge is 0.353 e. The van der Waals surface area contributed by atoms with Crippen molar-refractivity contribution in [2.75, 3.05) is 0 Å². The SMILES string of the molecule is Cc1nc(-c2ccccn2)[nH]c(=O)c1CC(=O)NC1CCCC1. The Balaban J connectivity index is 1.78. The zero-order valence-electron chi connectivity index (χ0n) is 13.1. The van der Waals surface area contributed by atoms with Crippen LogP contribution in [0.3, 0.4) is 0 Å². The number of aromatic amines is 1. The molecule has 0 saturated heterocycles. The minimum Gasteiger partial charge on any atom is -0.353 e. The molecule has 23 heavy (non-hydrogen) atoms. The Kier molecular flexibility index (Phi) is 4.50. The van der Waals surface area contributed by atoms with Crippen LogP contribution in [-0.4, -0.2) is 26.9 Å². The molecule has 0 unspecified atom stereocenters. The number of carbonyl (C=O) groups excluding carboxylic acids is 1. The van der Waals surface area contributed by atoms with Crippen molar-refractivity contribution >= 4 is 5.91 Å². The number of amides is 1. The molecule has 0 spiro atoms. The number of pyridine rings is 1. The van der Waals surface area contributed by atoms with Gasteiger partial charge in [-0.1, -0.05) is 18.9 Å². The van der Waals surface area contributed by atoms with Crippen molar-refractivity contribution in [2.45, 2.75) is 45.1 Å². The number of aryl methyl sites for hydroxylation is 1. The van der Waals surface area contributed by atoms with E-state index in [1.54, 1.807) is 25.3 Å². The fourth-order valence-corrected chi connectivity index (χ4v) is 2.95. The first kappa shape index (κ1) is 15.4. The molecule has 2 aromatic heterocycles. The lowest BCUT2D eigenvalue weighted by atomic mass is 10.1. The third kappa shape index (κ3) is 3.64. The van der Waals surface area contributed by atoms with E-state index in [0.717, 1.165) is 25.7 Å². The van der Waals surface area contributed by atoms with Crippen molar-refractivity contribution in [1.82, 2.24) is 20.3 Å². The van der Waals surface area contributed by atoms with Crippen LogP contribution in [0.1, 0.15) is 36.9 Å². The van der Waals surface area contributed by atoms with E-state index in [0.29, 0.717) is 22.8 Å². The van der Waals surface area contributed by atoms with Gasteiger partial charge in [0, 0.05) is 23.5 Å². The van der Waals surface area contributed by atoms with E-state index in [4.69, 9.17) is 0 Å². The van der Waals surface area contributed by atoms with Gasteiger partial charge in [0.15, 0.2) is 5.82 Å². The summed E-state index contributed by atoms with van der Waals surface area (Å²) in [6.45, 7) is 1.75. The van der Waals surface area contributed by atoms with Crippen molar-refractivity contribution < 1.29 is 4.79 Å². The Morgan fingerprint density at radius 3 is 2.78 bits per heavy atom. The highest BCUT2D eigenvalue weighted by Gasteiger charge is 2.19. The molecule has 0 radical (unpaired) electrons. The summed E-state index contributed by atoms with van der Waals surface area (Å²) in [7, 11) is 0. The molecule has 1 aliphatic carbocycles. The number of H-pyrrole nitrogens is 1. The highest BCUT2D eigenvalue weighted by molar-refractivity contribution is 5.79. The van der Waals surface area contributed by atoms with Crippen LogP contribution in [0.15, 0.2) is 29.2 Å². The number of carbonyl (C=O) groups is 1. The van der Waals surface area contributed by atoms with Crippen LogP contribution in [0.4, 0.5) is 0 Å². The van der Waals surface area contributed by atoms with Gasteiger partial charge in [0.05, 0.1) is 6.42 Å². The molecule has 1 saturated carbocycles. The van der Waals surface area contributed by atoms with Crippen LogP contribution < -0.4 is 10.9 Å². The predicted molar refractivity (Wildman–Crippen MR) is 86.9 cm³/mol. The zero-order chi connectivity index (χ0) is 16.2. The van der Waals surface area contributed by atoms with Gasteiger partial charge in [-0.25, -0.2) is 4.98 Å². The van der Waals surface area contributed by atoms with Gasteiger partial charge in [-0.2, -0.15) is 0 Å². The molecule has 2 aromatic rings. The molecule has 0 aliphatic heterocycles. The third-order valence-electron chi connectivity index (χ3n) is 4.19. The maximum Gasteiger partial charge on any atom is 0.255 e. The molecule has 1 fully saturated rings. The maximum atomic E-state index is 12.3. The lowest BCUT2D eigenvalue weighted by Crippen LogP contribution is -2.35. The average molecular weight is 312 g/mol. The summed E-state index contributed by atoms with van der Waals surface area (Å²) in [5, 5.41) is 3.00. The fourth-order valence-electron chi connectivity index (χ4n) is 2.95. The molecule has 1 amide bonds. The van der Waals surface area contributed by atoms with E-state index in [1.807, 2.05) is 6.07 Å². The third-order valence-corrected chi connectivity index (χ3v) is 4.19. The van der Waals surface area contributed by atoms with Gasteiger partial charge in [-0.3, -0.25) is 14.6 Å². The quantitative estimate of drug-likeness (QED) is 0.900. The molecule has 2 heterocycles. The van der Waals surface area contributed by atoms with Crippen LogP contribution in [-0.2, 0) is 11.2 Å². The van der Waals surface area contributed by atoms with E-state index in [-0.39, 0.29) is 23.9 Å². The molecule has 3 rings (SSSR count). The van der Waals surface area contributed by atoms with Crippen molar-refractivity contribution in [3.05, 3.63) is 46.0 Å². The maximum absolute atomic E-state index is 12.3. The first-order valence-electron chi connectivity index (χ1n) is 7.94. The summed E-state index contributed by atoms with van der Waals surface area (Å²) in [4.78, 5) is 35.7. The summed E-state index contributed by atoms with van der Waals surface area (Å²) < 4.78 is 0. The Labute approximate surface area is 134 Å². The number of nitrogens with zero attached hydrogens (tertiary/aromatic N) is 2. The summed E-state index contributed by atoms with van der Waals surface area (Å²) in [6, 6.07) is 5.67. The molecular formula is C17H20N4O2. The van der Waals surface area contributed by atoms with Crippen LogP contribution in [0.5, 0.6) is 0 Å². The molecular weight excluding hydrogens is 292 g/mol. The molecule has 0 aromatic carbocycles. The monoisotopic (exact) mass is 312 g/mol. The lowest BCUT2D eigenvalue weighted by Gasteiger charge is -2.12. The molecule has 6 nitrogen and oxygen atoms in total.